The molecular formula is C20H16FNO3. The average molecular weight is 337 g/mol. The summed E-state index contributed by atoms with van der Waals surface area (Å²) in [5.74, 6) is 1.90. The summed E-state index contributed by atoms with van der Waals surface area (Å²) in [7, 11) is 0. The second-order valence-corrected chi connectivity index (χ2v) is 5.85. The number of hydrogen-bond acceptors (Lipinski definition) is 4. The fourth-order valence-electron chi connectivity index (χ4n) is 2.68. The number of ether oxygens (including phenoxy) is 3. The number of fused-ring (bicyclic) bond motifs is 1. The van der Waals surface area contributed by atoms with Crippen LogP contribution in [-0.2, 0) is 6.61 Å². The van der Waals surface area contributed by atoms with Crippen molar-refractivity contribution in [1.29, 1.82) is 0 Å². The van der Waals surface area contributed by atoms with Gasteiger partial charge in [-0.3, -0.25) is 4.98 Å². The number of hydrogen-bond donors (Lipinski definition) is 0. The van der Waals surface area contributed by atoms with Crippen molar-refractivity contribution in [1.82, 2.24) is 4.98 Å². The Morgan fingerprint density at radius 1 is 1.00 bits per heavy atom. The van der Waals surface area contributed by atoms with Crippen LogP contribution in [-0.4, -0.2) is 11.8 Å². The third-order valence-electron chi connectivity index (χ3n) is 4.04. The van der Waals surface area contributed by atoms with E-state index >= 15 is 0 Å². The summed E-state index contributed by atoms with van der Waals surface area (Å²) < 4.78 is 29.9. The number of halogens is 1. The molecule has 0 bridgehead atoms. The SMILES string of the molecule is Cc1cc(-c2cncc(COc3ccc4c(c3)OCO4)c2)ccc1F. The van der Waals surface area contributed by atoms with Gasteiger partial charge < -0.3 is 14.2 Å². The largest absolute Gasteiger partial charge is 0.489 e. The number of nitrogens with zero attached hydrogens (tertiary/aromatic N) is 1. The summed E-state index contributed by atoms with van der Waals surface area (Å²) in [5.41, 5.74) is 3.39. The lowest BCUT2D eigenvalue weighted by molar-refractivity contribution is 0.173. The molecule has 1 aliphatic rings. The molecule has 4 rings (SSSR count). The van der Waals surface area contributed by atoms with Gasteiger partial charge in [0.1, 0.15) is 18.2 Å². The van der Waals surface area contributed by atoms with E-state index in [0.29, 0.717) is 23.7 Å². The first-order valence-electron chi connectivity index (χ1n) is 7.92. The van der Waals surface area contributed by atoms with Gasteiger partial charge >= 0.3 is 0 Å². The lowest BCUT2D eigenvalue weighted by Crippen LogP contribution is -1.97. The van der Waals surface area contributed by atoms with E-state index < -0.39 is 0 Å². The fourth-order valence-corrected chi connectivity index (χ4v) is 2.68. The number of aromatic nitrogens is 1. The molecule has 0 unspecified atom stereocenters. The first-order chi connectivity index (χ1) is 12.2. The number of rotatable bonds is 4. The highest BCUT2D eigenvalue weighted by Crippen LogP contribution is 2.35. The van der Waals surface area contributed by atoms with Crippen molar-refractivity contribution in [2.75, 3.05) is 6.79 Å². The number of benzene rings is 2. The molecule has 5 heteroatoms. The van der Waals surface area contributed by atoms with Crippen LogP contribution < -0.4 is 14.2 Å². The molecule has 2 heterocycles. The quantitative estimate of drug-likeness (QED) is 0.703. The maximum absolute atomic E-state index is 13.4. The van der Waals surface area contributed by atoms with Gasteiger partial charge in [0, 0.05) is 29.6 Å². The summed E-state index contributed by atoms with van der Waals surface area (Å²) in [5, 5.41) is 0. The highest BCUT2D eigenvalue weighted by molar-refractivity contribution is 5.63. The second-order valence-electron chi connectivity index (χ2n) is 5.85. The van der Waals surface area contributed by atoms with Crippen molar-refractivity contribution in [3.63, 3.8) is 0 Å². The summed E-state index contributed by atoms with van der Waals surface area (Å²) in [4.78, 5) is 4.26. The summed E-state index contributed by atoms with van der Waals surface area (Å²) in [6.07, 6.45) is 3.52. The Bertz CT molecular complexity index is 927. The van der Waals surface area contributed by atoms with E-state index in [1.807, 2.05) is 30.3 Å². The molecule has 3 aromatic rings. The molecule has 0 amide bonds. The lowest BCUT2D eigenvalue weighted by Gasteiger charge is -2.09. The Kier molecular flexibility index (Phi) is 3.98. The van der Waals surface area contributed by atoms with E-state index in [1.165, 1.54) is 6.07 Å². The zero-order valence-electron chi connectivity index (χ0n) is 13.7. The van der Waals surface area contributed by atoms with Crippen molar-refractivity contribution >= 4 is 0 Å². The van der Waals surface area contributed by atoms with Crippen LogP contribution in [0.25, 0.3) is 11.1 Å². The first kappa shape index (κ1) is 15.4. The zero-order chi connectivity index (χ0) is 17.2. The number of aryl methyl sites for hydroxylation is 1. The van der Waals surface area contributed by atoms with Crippen molar-refractivity contribution in [3.8, 4) is 28.4 Å². The van der Waals surface area contributed by atoms with E-state index in [4.69, 9.17) is 14.2 Å². The van der Waals surface area contributed by atoms with Crippen LogP contribution in [0, 0.1) is 12.7 Å². The molecule has 0 radical (unpaired) electrons. The maximum Gasteiger partial charge on any atom is 0.231 e. The van der Waals surface area contributed by atoms with E-state index in [-0.39, 0.29) is 12.6 Å². The van der Waals surface area contributed by atoms with Crippen molar-refractivity contribution < 1.29 is 18.6 Å². The molecule has 0 atom stereocenters. The minimum Gasteiger partial charge on any atom is -0.489 e. The van der Waals surface area contributed by atoms with E-state index in [9.17, 15) is 4.39 Å². The predicted molar refractivity (Wildman–Crippen MR) is 91.3 cm³/mol. The fraction of sp³-hybridized carbons (Fsp3) is 0.150. The van der Waals surface area contributed by atoms with Gasteiger partial charge in [0.15, 0.2) is 11.5 Å². The van der Waals surface area contributed by atoms with Crippen LogP contribution in [0.15, 0.2) is 54.9 Å². The van der Waals surface area contributed by atoms with Crippen LogP contribution in [0.5, 0.6) is 17.2 Å². The van der Waals surface area contributed by atoms with Gasteiger partial charge in [-0.2, -0.15) is 0 Å². The van der Waals surface area contributed by atoms with Gasteiger partial charge in [-0.1, -0.05) is 6.07 Å². The van der Waals surface area contributed by atoms with Crippen LogP contribution in [0.3, 0.4) is 0 Å². The van der Waals surface area contributed by atoms with Crippen molar-refractivity contribution in [2.45, 2.75) is 13.5 Å². The second kappa shape index (κ2) is 6.43. The van der Waals surface area contributed by atoms with Gasteiger partial charge in [0.05, 0.1) is 0 Å². The van der Waals surface area contributed by atoms with E-state index in [2.05, 4.69) is 4.98 Å². The van der Waals surface area contributed by atoms with Gasteiger partial charge in [0.25, 0.3) is 0 Å². The molecule has 0 saturated carbocycles. The molecule has 1 aliphatic heterocycles. The summed E-state index contributed by atoms with van der Waals surface area (Å²) >= 11 is 0. The molecule has 25 heavy (non-hydrogen) atoms. The molecule has 0 spiro atoms. The minimum atomic E-state index is -0.209. The lowest BCUT2D eigenvalue weighted by atomic mass is 10.0. The highest BCUT2D eigenvalue weighted by Gasteiger charge is 2.13. The molecule has 0 fully saturated rings. The average Bonchev–Trinajstić information content (AvgIpc) is 3.10. The third-order valence-corrected chi connectivity index (χ3v) is 4.04. The van der Waals surface area contributed by atoms with Crippen LogP contribution in [0.4, 0.5) is 4.39 Å². The van der Waals surface area contributed by atoms with Gasteiger partial charge in [-0.05, 0) is 48.4 Å². The molecule has 2 aromatic carbocycles. The Morgan fingerprint density at radius 3 is 2.76 bits per heavy atom. The molecule has 0 saturated heterocycles. The normalized spacial score (nSPS) is 12.2. The number of pyridine rings is 1. The van der Waals surface area contributed by atoms with Crippen LogP contribution in [0.1, 0.15) is 11.1 Å². The predicted octanol–water partition coefficient (Wildman–Crippen LogP) is 4.50. The Labute approximate surface area is 144 Å². The molecule has 0 aliphatic carbocycles. The summed E-state index contributed by atoms with van der Waals surface area (Å²) in [6.45, 7) is 2.36. The Hall–Kier alpha value is -3.08. The molecule has 4 nitrogen and oxygen atoms in total. The first-order valence-corrected chi connectivity index (χ1v) is 7.92. The van der Waals surface area contributed by atoms with Crippen LogP contribution in [0.2, 0.25) is 0 Å². The third kappa shape index (κ3) is 3.26. The molecule has 126 valence electrons. The zero-order valence-corrected chi connectivity index (χ0v) is 13.7. The topological polar surface area (TPSA) is 40.6 Å². The van der Waals surface area contributed by atoms with Crippen molar-refractivity contribution in [3.05, 3.63) is 71.8 Å². The van der Waals surface area contributed by atoms with E-state index in [0.717, 1.165) is 22.4 Å². The Balaban J connectivity index is 1.50. The molecule has 0 N–H and O–H groups in total. The molecular weight excluding hydrogens is 321 g/mol. The van der Waals surface area contributed by atoms with Gasteiger partial charge in [-0.25, -0.2) is 4.39 Å². The van der Waals surface area contributed by atoms with E-state index in [1.54, 1.807) is 25.4 Å². The maximum atomic E-state index is 13.4. The van der Waals surface area contributed by atoms with Crippen LogP contribution >= 0.6 is 0 Å². The van der Waals surface area contributed by atoms with Crippen molar-refractivity contribution in [2.24, 2.45) is 0 Å². The van der Waals surface area contributed by atoms with Gasteiger partial charge in [-0.15, -0.1) is 0 Å². The minimum absolute atomic E-state index is 0.209. The highest BCUT2D eigenvalue weighted by atomic mass is 19.1. The monoisotopic (exact) mass is 337 g/mol. The smallest absolute Gasteiger partial charge is 0.231 e. The molecule has 1 aromatic heterocycles. The summed E-state index contributed by atoms with van der Waals surface area (Å²) in [6, 6.07) is 12.5. The standard InChI is InChI=1S/C20H16FNO3/c1-13-6-15(2-4-18(13)21)16-7-14(9-22-10-16)11-23-17-3-5-19-20(8-17)25-12-24-19/h2-10H,11-12H2,1H3. The van der Waals surface area contributed by atoms with Gasteiger partial charge in [0.2, 0.25) is 6.79 Å². The Morgan fingerprint density at radius 2 is 1.88 bits per heavy atom.